The molecule has 1 aliphatic heterocycles. The summed E-state index contributed by atoms with van der Waals surface area (Å²) in [7, 11) is -3.60. The van der Waals surface area contributed by atoms with Gasteiger partial charge >= 0.3 is 0 Å². The van der Waals surface area contributed by atoms with Crippen molar-refractivity contribution in [2.75, 3.05) is 26.2 Å². The summed E-state index contributed by atoms with van der Waals surface area (Å²) >= 11 is 0. The second-order valence-corrected chi connectivity index (χ2v) is 10.8. The summed E-state index contributed by atoms with van der Waals surface area (Å²) in [6.07, 6.45) is 1.95. The Kier molecular flexibility index (Phi) is 6.65. The first-order valence-electron chi connectivity index (χ1n) is 11.2. The normalized spacial score (nSPS) is 19.1. The molecule has 0 bridgehead atoms. The molecule has 32 heavy (non-hydrogen) atoms. The number of carbonyl (C=O) groups excluding carboxylic acids is 1. The lowest BCUT2D eigenvalue weighted by Crippen LogP contribution is -2.52. The highest BCUT2D eigenvalue weighted by Crippen LogP contribution is 2.28. The highest BCUT2D eigenvalue weighted by atomic mass is 32.2. The third-order valence-electron chi connectivity index (χ3n) is 6.18. The maximum atomic E-state index is 13.4. The number of nitrogens with one attached hydrogen (secondary N) is 1. The van der Waals surface area contributed by atoms with Gasteiger partial charge in [-0.2, -0.15) is 4.31 Å². The molecule has 1 atom stereocenters. The summed E-state index contributed by atoms with van der Waals surface area (Å²) in [5, 5.41) is 3.04. The van der Waals surface area contributed by atoms with Gasteiger partial charge in [-0.05, 0) is 54.2 Å². The third kappa shape index (κ3) is 5.03. The molecule has 0 spiro atoms. The average molecular weight is 460 g/mol. The molecule has 2 fully saturated rings. The zero-order chi connectivity index (χ0) is 22.9. The number of sulfonamides is 1. The Balaban J connectivity index is 1.48. The molecule has 2 aromatic carbocycles. The Morgan fingerprint density at radius 2 is 1.50 bits per heavy atom. The molecule has 6 nitrogen and oxygen atoms in total. The van der Waals surface area contributed by atoms with Crippen LogP contribution >= 0.6 is 0 Å². The van der Waals surface area contributed by atoms with Crippen molar-refractivity contribution in [1.29, 1.82) is 0 Å². The van der Waals surface area contributed by atoms with E-state index >= 15 is 0 Å². The topological polar surface area (TPSA) is 69.7 Å². The van der Waals surface area contributed by atoms with Gasteiger partial charge in [0.15, 0.2) is 0 Å². The van der Waals surface area contributed by atoms with Crippen molar-refractivity contribution >= 4 is 15.9 Å². The molecule has 1 saturated heterocycles. The first kappa shape index (κ1) is 22.9. The van der Waals surface area contributed by atoms with E-state index in [0.717, 1.165) is 18.4 Å². The lowest BCUT2D eigenvalue weighted by molar-refractivity contribution is -0.127. The van der Waals surface area contributed by atoms with Gasteiger partial charge in [0, 0.05) is 32.2 Å². The van der Waals surface area contributed by atoms with Gasteiger partial charge in [-0.25, -0.2) is 12.8 Å². The highest BCUT2D eigenvalue weighted by molar-refractivity contribution is 7.89. The minimum Gasteiger partial charge on any atom is -0.352 e. The summed E-state index contributed by atoms with van der Waals surface area (Å²) in [4.78, 5) is 15.3. The minimum atomic E-state index is -3.60. The number of benzene rings is 2. The fourth-order valence-corrected chi connectivity index (χ4v) is 5.48. The Labute approximate surface area is 189 Å². The molecule has 2 aromatic rings. The molecule has 1 aliphatic carbocycles. The number of hydrogen-bond donors (Lipinski definition) is 1. The number of halogens is 1. The molecule has 1 heterocycles. The fourth-order valence-electron chi connectivity index (χ4n) is 4.06. The predicted octanol–water partition coefficient (Wildman–Crippen LogP) is 3.28. The van der Waals surface area contributed by atoms with E-state index < -0.39 is 16.1 Å². The van der Waals surface area contributed by atoms with Crippen LogP contribution in [-0.2, 0) is 14.8 Å². The number of hydrogen-bond acceptors (Lipinski definition) is 4. The first-order valence-corrected chi connectivity index (χ1v) is 12.6. The number of amides is 1. The first-order chi connectivity index (χ1) is 15.3. The number of nitrogens with zero attached hydrogens (tertiary/aromatic N) is 2. The van der Waals surface area contributed by atoms with E-state index in [1.165, 1.54) is 16.4 Å². The zero-order valence-corrected chi connectivity index (χ0v) is 19.3. The second kappa shape index (κ2) is 9.29. The van der Waals surface area contributed by atoms with Crippen molar-refractivity contribution < 1.29 is 17.6 Å². The lowest BCUT2D eigenvalue weighted by Gasteiger charge is -2.38. The molecule has 0 aromatic heterocycles. The quantitative estimate of drug-likeness (QED) is 0.690. The second-order valence-electron chi connectivity index (χ2n) is 8.90. The Morgan fingerprint density at radius 1 is 0.938 bits per heavy atom. The lowest BCUT2D eigenvalue weighted by atomic mass is 10.0. The predicted molar refractivity (Wildman–Crippen MR) is 121 cm³/mol. The van der Waals surface area contributed by atoms with Crippen LogP contribution in [0, 0.1) is 5.82 Å². The summed E-state index contributed by atoms with van der Waals surface area (Å²) in [5.41, 5.74) is 1.81. The monoisotopic (exact) mass is 459 g/mol. The van der Waals surface area contributed by atoms with Crippen molar-refractivity contribution in [2.24, 2.45) is 0 Å². The van der Waals surface area contributed by atoms with E-state index in [1.807, 2.05) is 17.0 Å². The minimum absolute atomic E-state index is 0.111. The Hall–Kier alpha value is -2.29. The Morgan fingerprint density at radius 3 is 2.03 bits per heavy atom. The van der Waals surface area contributed by atoms with E-state index in [9.17, 15) is 17.6 Å². The SMILES string of the molecule is CC(C)c1ccc(S(=O)(=O)N2CCN(C(C(=O)NC3CC3)c3ccc(F)cc3)CC2)cc1. The Bertz CT molecular complexity index is 1040. The van der Waals surface area contributed by atoms with Crippen LogP contribution in [0.15, 0.2) is 53.4 Å². The zero-order valence-electron chi connectivity index (χ0n) is 18.5. The van der Waals surface area contributed by atoms with E-state index in [4.69, 9.17) is 0 Å². The van der Waals surface area contributed by atoms with E-state index in [0.29, 0.717) is 37.7 Å². The van der Waals surface area contributed by atoms with E-state index in [2.05, 4.69) is 19.2 Å². The van der Waals surface area contributed by atoms with Crippen molar-refractivity contribution in [3.05, 3.63) is 65.5 Å². The standard InChI is InChI=1S/C24H30FN3O3S/c1-17(2)18-5-11-22(12-6-18)32(30,31)28-15-13-27(14-16-28)23(24(29)26-21-9-10-21)19-3-7-20(25)8-4-19/h3-8,11-12,17,21,23H,9-10,13-16H2,1-2H3,(H,26,29). The van der Waals surface area contributed by atoms with E-state index in [-0.39, 0.29) is 22.7 Å². The molecule has 1 unspecified atom stereocenters. The van der Waals surface area contributed by atoms with Crippen LogP contribution in [-0.4, -0.2) is 55.8 Å². The fraction of sp³-hybridized carbons (Fsp3) is 0.458. The van der Waals surface area contributed by atoms with Gasteiger partial charge in [-0.15, -0.1) is 0 Å². The van der Waals surface area contributed by atoms with Crippen LogP contribution in [0.1, 0.15) is 49.8 Å². The third-order valence-corrected chi connectivity index (χ3v) is 8.09. The number of rotatable bonds is 7. The van der Waals surface area contributed by atoms with Gasteiger partial charge in [0.25, 0.3) is 0 Å². The van der Waals surface area contributed by atoms with E-state index in [1.54, 1.807) is 24.3 Å². The molecule has 1 saturated carbocycles. The van der Waals surface area contributed by atoms with Crippen molar-refractivity contribution in [3.63, 3.8) is 0 Å². The van der Waals surface area contributed by atoms with Crippen LogP contribution in [0.2, 0.25) is 0 Å². The van der Waals surface area contributed by atoms with Gasteiger partial charge in [-0.1, -0.05) is 38.1 Å². The van der Waals surface area contributed by atoms with Crippen molar-refractivity contribution in [3.8, 4) is 0 Å². The summed E-state index contributed by atoms with van der Waals surface area (Å²) in [6.45, 7) is 5.57. The van der Waals surface area contributed by atoms with Gasteiger partial charge in [0.2, 0.25) is 15.9 Å². The summed E-state index contributed by atoms with van der Waals surface area (Å²) in [6, 6.07) is 12.7. The van der Waals surface area contributed by atoms with Gasteiger partial charge < -0.3 is 5.32 Å². The summed E-state index contributed by atoms with van der Waals surface area (Å²) < 4.78 is 41.2. The van der Waals surface area contributed by atoms with Gasteiger partial charge in [0.05, 0.1) is 4.90 Å². The van der Waals surface area contributed by atoms with Crippen molar-refractivity contribution in [2.45, 2.75) is 49.6 Å². The molecule has 1 amide bonds. The average Bonchev–Trinajstić information content (AvgIpc) is 3.59. The molecule has 8 heteroatoms. The molecule has 2 aliphatic rings. The summed E-state index contributed by atoms with van der Waals surface area (Å²) in [5.74, 6) is -0.130. The maximum Gasteiger partial charge on any atom is 0.243 e. The smallest absolute Gasteiger partial charge is 0.243 e. The van der Waals surface area contributed by atoms with Gasteiger partial charge in [-0.3, -0.25) is 9.69 Å². The van der Waals surface area contributed by atoms with Crippen LogP contribution in [0.25, 0.3) is 0 Å². The van der Waals surface area contributed by atoms with Crippen LogP contribution in [0.5, 0.6) is 0 Å². The van der Waals surface area contributed by atoms with Gasteiger partial charge in [0.1, 0.15) is 11.9 Å². The van der Waals surface area contributed by atoms with Crippen molar-refractivity contribution in [1.82, 2.24) is 14.5 Å². The maximum absolute atomic E-state index is 13.4. The molecule has 172 valence electrons. The number of piperazine rings is 1. The number of carbonyl (C=O) groups is 1. The van der Waals surface area contributed by atoms with Crippen LogP contribution in [0.3, 0.4) is 0 Å². The van der Waals surface area contributed by atoms with Crippen LogP contribution < -0.4 is 5.32 Å². The molecule has 1 N–H and O–H groups in total. The molecule has 4 rings (SSSR count). The molecular weight excluding hydrogens is 429 g/mol. The van der Waals surface area contributed by atoms with Crippen LogP contribution in [0.4, 0.5) is 4.39 Å². The largest absolute Gasteiger partial charge is 0.352 e. The molecular formula is C24H30FN3O3S. The molecule has 0 radical (unpaired) electrons. The highest BCUT2D eigenvalue weighted by Gasteiger charge is 2.36.